The molecule has 1 saturated heterocycles. The molecule has 3 rings (SSSR count). The van der Waals surface area contributed by atoms with Crippen molar-refractivity contribution in [2.24, 2.45) is 17.8 Å². The van der Waals surface area contributed by atoms with E-state index in [1.165, 1.54) is 0 Å². The molecule has 3 aliphatic rings. The van der Waals surface area contributed by atoms with Gasteiger partial charge < -0.3 is 14.9 Å². The molecule has 0 bridgehead atoms. The zero-order valence-electron chi connectivity index (χ0n) is 11.3. The van der Waals surface area contributed by atoms with Gasteiger partial charge in [-0.15, -0.1) is 0 Å². The third-order valence-corrected chi connectivity index (χ3v) is 5.01. The Hall–Kier alpha value is -1.46. The van der Waals surface area contributed by atoms with Gasteiger partial charge in [0.2, 0.25) is 0 Å². The van der Waals surface area contributed by atoms with Crippen LogP contribution in [0.1, 0.15) is 19.8 Å². The maximum atomic E-state index is 11.7. The zero-order valence-corrected chi connectivity index (χ0v) is 11.3. The predicted octanol–water partition coefficient (Wildman–Crippen LogP) is 0.361. The Morgan fingerprint density at radius 1 is 1.50 bits per heavy atom. The first-order valence-electron chi connectivity index (χ1n) is 6.82. The van der Waals surface area contributed by atoms with Crippen LogP contribution in [0.3, 0.4) is 0 Å². The minimum Gasteiger partial charge on any atom is -0.458 e. The van der Waals surface area contributed by atoms with Crippen LogP contribution < -0.4 is 0 Å². The van der Waals surface area contributed by atoms with Crippen molar-refractivity contribution in [1.29, 1.82) is 0 Å². The Morgan fingerprint density at radius 3 is 2.85 bits per heavy atom. The normalized spacial score (nSPS) is 47.1. The molecule has 1 saturated carbocycles. The van der Waals surface area contributed by atoms with Gasteiger partial charge >= 0.3 is 5.97 Å². The molecule has 0 amide bonds. The Labute approximate surface area is 116 Å². The third kappa shape index (κ3) is 1.70. The Morgan fingerprint density at radius 2 is 2.20 bits per heavy atom. The zero-order chi connectivity index (χ0) is 14.7. The lowest BCUT2D eigenvalue weighted by Crippen LogP contribution is -2.40. The van der Waals surface area contributed by atoms with Crippen molar-refractivity contribution in [3.63, 3.8) is 0 Å². The van der Waals surface area contributed by atoms with E-state index in [0.29, 0.717) is 12.0 Å². The monoisotopic (exact) mass is 278 g/mol. The minimum absolute atomic E-state index is 0.144. The summed E-state index contributed by atoms with van der Waals surface area (Å²) < 4.78 is 5.36. The average molecular weight is 278 g/mol. The predicted molar refractivity (Wildman–Crippen MR) is 69.5 cm³/mol. The van der Waals surface area contributed by atoms with Crippen LogP contribution in [-0.4, -0.2) is 40.3 Å². The van der Waals surface area contributed by atoms with E-state index >= 15 is 0 Å². The van der Waals surface area contributed by atoms with Gasteiger partial charge in [0.25, 0.3) is 0 Å². The summed E-state index contributed by atoms with van der Waals surface area (Å²) >= 11 is 0. The van der Waals surface area contributed by atoms with Crippen LogP contribution in [0.2, 0.25) is 0 Å². The number of carbonyl (C=O) groups is 2. The van der Waals surface area contributed by atoms with Crippen molar-refractivity contribution in [2.45, 2.75) is 37.6 Å². The molecule has 0 unspecified atom stereocenters. The third-order valence-electron chi connectivity index (χ3n) is 5.01. The highest BCUT2D eigenvalue weighted by Gasteiger charge is 2.58. The van der Waals surface area contributed by atoms with Gasteiger partial charge in [0.1, 0.15) is 12.4 Å². The maximum Gasteiger partial charge on any atom is 0.334 e. The first-order chi connectivity index (χ1) is 9.36. The lowest BCUT2D eigenvalue weighted by Gasteiger charge is -2.34. The van der Waals surface area contributed by atoms with E-state index in [9.17, 15) is 19.8 Å². The van der Waals surface area contributed by atoms with Gasteiger partial charge in [0.15, 0.2) is 0 Å². The molecule has 0 spiro atoms. The lowest BCUT2D eigenvalue weighted by molar-refractivity contribution is -0.142. The fourth-order valence-electron chi connectivity index (χ4n) is 4.02. The summed E-state index contributed by atoms with van der Waals surface area (Å²) in [4.78, 5) is 23.0. The van der Waals surface area contributed by atoms with Crippen LogP contribution in [-0.2, 0) is 14.3 Å². The molecule has 0 aromatic carbocycles. The molecule has 0 aromatic rings. The number of aldehydes is 1. The number of allylic oxidation sites excluding steroid dienone is 1. The van der Waals surface area contributed by atoms with Crippen molar-refractivity contribution in [2.75, 3.05) is 0 Å². The Bertz CT molecular complexity index is 518. The quantitative estimate of drug-likeness (QED) is 0.411. The largest absolute Gasteiger partial charge is 0.458 e. The van der Waals surface area contributed by atoms with Gasteiger partial charge in [0.05, 0.1) is 17.6 Å². The Kier molecular flexibility index (Phi) is 2.88. The fourth-order valence-corrected chi connectivity index (χ4v) is 4.02. The molecular formula is C15H18O5. The highest BCUT2D eigenvalue weighted by atomic mass is 16.6. The first-order valence-corrected chi connectivity index (χ1v) is 6.82. The van der Waals surface area contributed by atoms with Gasteiger partial charge in [-0.1, -0.05) is 12.7 Å². The Balaban J connectivity index is 2.08. The number of aliphatic hydroxyl groups is 2. The van der Waals surface area contributed by atoms with Crippen LogP contribution >= 0.6 is 0 Å². The van der Waals surface area contributed by atoms with Crippen molar-refractivity contribution in [3.8, 4) is 0 Å². The van der Waals surface area contributed by atoms with Crippen molar-refractivity contribution >= 4 is 12.3 Å². The number of rotatable bonds is 1. The maximum absolute atomic E-state index is 11.7. The van der Waals surface area contributed by atoms with Crippen molar-refractivity contribution in [3.05, 3.63) is 23.8 Å². The fraction of sp³-hybridized carbons (Fsp3) is 0.600. The summed E-state index contributed by atoms with van der Waals surface area (Å²) in [5.74, 6) is -1.67. The average Bonchev–Trinajstić information content (AvgIpc) is 2.89. The number of carbonyl (C=O) groups excluding carboxylic acids is 2. The molecule has 2 fully saturated rings. The highest BCUT2D eigenvalue weighted by molar-refractivity contribution is 5.91. The second-order valence-corrected chi connectivity index (χ2v) is 6.24. The SMILES string of the molecule is C=C1C(=O)O[C@@H]2[C@H]3C(C=O)=CC[C@H]3[C@](C)(O)C[C@H](O)[C@@H]12. The van der Waals surface area contributed by atoms with E-state index in [1.807, 2.05) is 0 Å². The van der Waals surface area contributed by atoms with Crippen LogP contribution in [0.4, 0.5) is 0 Å². The second-order valence-electron chi connectivity index (χ2n) is 6.24. The van der Waals surface area contributed by atoms with Gasteiger partial charge in [-0.3, -0.25) is 4.79 Å². The first kappa shape index (κ1) is 13.5. The summed E-state index contributed by atoms with van der Waals surface area (Å²) in [6.07, 6.45) is 1.73. The second kappa shape index (κ2) is 4.27. The van der Waals surface area contributed by atoms with E-state index in [1.54, 1.807) is 13.0 Å². The molecule has 2 aliphatic carbocycles. The van der Waals surface area contributed by atoms with Crippen LogP contribution in [0.5, 0.6) is 0 Å². The van der Waals surface area contributed by atoms with E-state index in [2.05, 4.69) is 6.58 Å². The molecular weight excluding hydrogens is 260 g/mol. The van der Waals surface area contributed by atoms with Crippen molar-refractivity contribution < 1.29 is 24.5 Å². The molecule has 2 N–H and O–H groups in total. The van der Waals surface area contributed by atoms with Gasteiger partial charge in [0, 0.05) is 23.8 Å². The number of aliphatic hydroxyl groups excluding tert-OH is 1. The molecule has 5 nitrogen and oxygen atoms in total. The molecule has 20 heavy (non-hydrogen) atoms. The van der Waals surface area contributed by atoms with Gasteiger partial charge in [-0.2, -0.15) is 0 Å². The number of ether oxygens (including phenoxy) is 1. The van der Waals surface area contributed by atoms with Gasteiger partial charge in [-0.25, -0.2) is 4.79 Å². The smallest absolute Gasteiger partial charge is 0.334 e. The van der Waals surface area contributed by atoms with E-state index in [4.69, 9.17) is 4.74 Å². The van der Waals surface area contributed by atoms with Gasteiger partial charge in [-0.05, 0) is 18.9 Å². The number of hydrogen-bond donors (Lipinski definition) is 2. The number of fused-ring (bicyclic) bond motifs is 3. The number of esters is 1. The molecule has 108 valence electrons. The highest BCUT2D eigenvalue weighted by Crippen LogP contribution is 2.51. The summed E-state index contributed by atoms with van der Waals surface area (Å²) in [6, 6.07) is 0. The summed E-state index contributed by atoms with van der Waals surface area (Å²) in [7, 11) is 0. The van der Waals surface area contributed by atoms with E-state index in [-0.39, 0.29) is 23.8 Å². The molecule has 5 heteroatoms. The molecule has 0 aromatic heterocycles. The summed E-state index contributed by atoms with van der Waals surface area (Å²) in [5.41, 5.74) is -0.333. The molecule has 1 heterocycles. The van der Waals surface area contributed by atoms with Crippen LogP contribution in [0, 0.1) is 17.8 Å². The summed E-state index contributed by atoms with van der Waals surface area (Å²) in [6.45, 7) is 5.37. The molecule has 1 aliphatic heterocycles. The van der Waals surface area contributed by atoms with Crippen LogP contribution in [0.15, 0.2) is 23.8 Å². The van der Waals surface area contributed by atoms with E-state index < -0.39 is 29.7 Å². The minimum atomic E-state index is -1.11. The van der Waals surface area contributed by atoms with Crippen molar-refractivity contribution in [1.82, 2.24) is 0 Å². The summed E-state index contributed by atoms with van der Waals surface area (Å²) in [5, 5.41) is 21.0. The standard InChI is InChI=1S/C15H18O5/c1-7-11-10(17)5-15(2,19)9-4-3-8(6-16)12(9)13(11)20-14(7)18/h3,6,9-13,17,19H,1,4-5H2,2H3/t9-,10+,11-,12+,13+,15-/m1/s1. The topological polar surface area (TPSA) is 83.8 Å². The lowest BCUT2D eigenvalue weighted by atomic mass is 9.76. The van der Waals surface area contributed by atoms with E-state index in [0.717, 1.165) is 6.29 Å². The molecule has 0 radical (unpaired) electrons. The number of hydrogen-bond acceptors (Lipinski definition) is 5. The van der Waals surface area contributed by atoms with Crippen LogP contribution in [0.25, 0.3) is 0 Å². The molecule has 6 atom stereocenters.